The predicted molar refractivity (Wildman–Crippen MR) is 85.0 cm³/mol. The molecular weight excluding hydrogens is 298 g/mol. The van der Waals surface area contributed by atoms with Gasteiger partial charge in [-0.3, -0.25) is 5.10 Å². The summed E-state index contributed by atoms with van der Waals surface area (Å²) in [5, 5.41) is 10.5. The summed E-state index contributed by atoms with van der Waals surface area (Å²) in [7, 11) is 0. The van der Waals surface area contributed by atoms with Crippen LogP contribution in [0, 0.1) is 6.92 Å². The molecule has 2 aliphatic heterocycles. The van der Waals surface area contributed by atoms with Gasteiger partial charge in [0.05, 0.1) is 11.3 Å². The van der Waals surface area contributed by atoms with Gasteiger partial charge >= 0.3 is 5.97 Å². The summed E-state index contributed by atoms with van der Waals surface area (Å²) < 4.78 is 5.22. The SMILES string of the molecule is CSc1ccc([C@@H]2C3=C(COC3=O)Nc3n[nH]c(C)c32)cc1. The van der Waals surface area contributed by atoms with Crippen LogP contribution >= 0.6 is 11.8 Å². The molecule has 0 aliphatic carbocycles. The van der Waals surface area contributed by atoms with Gasteiger partial charge in [-0.1, -0.05) is 12.1 Å². The van der Waals surface area contributed by atoms with Gasteiger partial charge in [0, 0.05) is 22.1 Å². The summed E-state index contributed by atoms with van der Waals surface area (Å²) in [6.45, 7) is 2.27. The molecule has 112 valence electrons. The topological polar surface area (TPSA) is 67.0 Å². The molecule has 0 saturated heterocycles. The lowest BCUT2D eigenvalue weighted by atomic mass is 9.82. The molecule has 1 aromatic heterocycles. The van der Waals surface area contributed by atoms with Crippen molar-refractivity contribution in [3.63, 3.8) is 0 Å². The van der Waals surface area contributed by atoms with Crippen molar-refractivity contribution in [2.24, 2.45) is 0 Å². The highest BCUT2D eigenvalue weighted by atomic mass is 32.2. The van der Waals surface area contributed by atoms with Crippen molar-refractivity contribution in [1.29, 1.82) is 0 Å². The van der Waals surface area contributed by atoms with E-state index in [4.69, 9.17) is 4.74 Å². The number of esters is 1. The van der Waals surface area contributed by atoms with Crippen LogP contribution in [-0.4, -0.2) is 29.0 Å². The molecule has 22 heavy (non-hydrogen) atoms. The normalized spacial score (nSPS) is 19.5. The maximum absolute atomic E-state index is 12.2. The highest BCUT2D eigenvalue weighted by molar-refractivity contribution is 7.98. The molecule has 2 aliphatic rings. The van der Waals surface area contributed by atoms with E-state index >= 15 is 0 Å². The second-order valence-corrected chi connectivity index (χ2v) is 6.29. The maximum atomic E-state index is 12.2. The summed E-state index contributed by atoms with van der Waals surface area (Å²) in [4.78, 5) is 13.4. The molecule has 2 N–H and O–H groups in total. The third kappa shape index (κ3) is 1.87. The third-order valence-electron chi connectivity index (χ3n) is 4.18. The first-order valence-corrected chi connectivity index (χ1v) is 8.27. The lowest BCUT2D eigenvalue weighted by Gasteiger charge is -2.24. The summed E-state index contributed by atoms with van der Waals surface area (Å²) in [5.41, 5.74) is 4.59. The van der Waals surface area contributed by atoms with Crippen LogP contribution in [0.5, 0.6) is 0 Å². The Morgan fingerprint density at radius 2 is 2.09 bits per heavy atom. The number of benzene rings is 1. The average Bonchev–Trinajstić information content (AvgIpc) is 3.10. The number of ether oxygens (including phenoxy) is 1. The van der Waals surface area contributed by atoms with E-state index in [1.165, 1.54) is 4.90 Å². The van der Waals surface area contributed by atoms with Crippen LogP contribution in [0.15, 0.2) is 40.4 Å². The van der Waals surface area contributed by atoms with Crippen molar-refractivity contribution >= 4 is 23.5 Å². The number of hydrogen-bond acceptors (Lipinski definition) is 5. The molecule has 4 rings (SSSR count). The summed E-state index contributed by atoms with van der Waals surface area (Å²) >= 11 is 1.70. The lowest BCUT2D eigenvalue weighted by Crippen LogP contribution is -2.19. The molecule has 1 aromatic carbocycles. The molecule has 0 bridgehead atoms. The molecule has 6 heteroatoms. The van der Waals surface area contributed by atoms with Crippen molar-refractivity contribution in [3.8, 4) is 0 Å². The minimum absolute atomic E-state index is 0.129. The van der Waals surface area contributed by atoms with Gasteiger partial charge in [0.25, 0.3) is 0 Å². The van der Waals surface area contributed by atoms with Crippen LogP contribution in [0.1, 0.15) is 22.7 Å². The Morgan fingerprint density at radius 1 is 1.32 bits per heavy atom. The van der Waals surface area contributed by atoms with E-state index < -0.39 is 0 Å². The highest BCUT2D eigenvalue weighted by Gasteiger charge is 2.40. The molecule has 0 spiro atoms. The number of nitrogens with zero attached hydrogens (tertiary/aromatic N) is 1. The number of fused-ring (bicyclic) bond motifs is 1. The van der Waals surface area contributed by atoms with Gasteiger partial charge in [0.15, 0.2) is 5.82 Å². The van der Waals surface area contributed by atoms with Gasteiger partial charge in [-0.15, -0.1) is 11.8 Å². The van der Waals surface area contributed by atoms with Gasteiger partial charge < -0.3 is 10.1 Å². The first-order valence-electron chi connectivity index (χ1n) is 7.05. The van der Waals surface area contributed by atoms with Crippen molar-refractivity contribution in [3.05, 3.63) is 52.4 Å². The quantitative estimate of drug-likeness (QED) is 0.659. The molecule has 0 amide bonds. The van der Waals surface area contributed by atoms with Crippen LogP contribution in [-0.2, 0) is 9.53 Å². The van der Waals surface area contributed by atoms with Crippen molar-refractivity contribution in [2.45, 2.75) is 17.7 Å². The highest BCUT2D eigenvalue weighted by Crippen LogP contribution is 2.44. The van der Waals surface area contributed by atoms with Crippen molar-refractivity contribution in [2.75, 3.05) is 18.2 Å². The Morgan fingerprint density at radius 3 is 2.82 bits per heavy atom. The monoisotopic (exact) mass is 313 g/mol. The number of anilines is 1. The first-order chi connectivity index (χ1) is 10.7. The Labute approximate surface area is 132 Å². The largest absolute Gasteiger partial charge is 0.456 e. The molecule has 2 aromatic rings. The predicted octanol–water partition coefficient (Wildman–Crippen LogP) is 2.81. The van der Waals surface area contributed by atoms with Crippen LogP contribution in [0.4, 0.5) is 5.82 Å². The van der Waals surface area contributed by atoms with Crippen molar-refractivity contribution in [1.82, 2.24) is 10.2 Å². The van der Waals surface area contributed by atoms with Crippen LogP contribution in [0.3, 0.4) is 0 Å². The second kappa shape index (κ2) is 4.91. The van der Waals surface area contributed by atoms with E-state index in [-0.39, 0.29) is 11.9 Å². The summed E-state index contributed by atoms with van der Waals surface area (Å²) in [6.07, 6.45) is 2.05. The number of cyclic esters (lactones) is 1. The zero-order chi connectivity index (χ0) is 15.3. The van der Waals surface area contributed by atoms with E-state index in [9.17, 15) is 4.79 Å². The number of carbonyl (C=O) groups excluding carboxylic acids is 1. The van der Waals surface area contributed by atoms with Crippen LogP contribution in [0.25, 0.3) is 0 Å². The Balaban J connectivity index is 1.89. The second-order valence-electron chi connectivity index (χ2n) is 5.41. The Bertz CT molecular complexity index is 792. The minimum Gasteiger partial charge on any atom is -0.456 e. The first kappa shape index (κ1) is 13.5. The number of aryl methyl sites for hydroxylation is 1. The van der Waals surface area contributed by atoms with Gasteiger partial charge in [0.1, 0.15) is 6.61 Å². The number of aromatic nitrogens is 2. The minimum atomic E-state index is -0.243. The van der Waals surface area contributed by atoms with E-state index in [1.54, 1.807) is 11.8 Å². The third-order valence-corrected chi connectivity index (χ3v) is 4.93. The number of carbonyl (C=O) groups is 1. The molecule has 1 atom stereocenters. The number of aromatic amines is 1. The zero-order valence-corrected chi connectivity index (χ0v) is 13.1. The molecule has 5 nitrogen and oxygen atoms in total. The van der Waals surface area contributed by atoms with Gasteiger partial charge in [-0.05, 0) is 30.9 Å². The number of H-pyrrole nitrogens is 1. The average molecular weight is 313 g/mol. The van der Waals surface area contributed by atoms with E-state index in [2.05, 4.69) is 39.8 Å². The molecule has 3 heterocycles. The Hall–Kier alpha value is -2.21. The molecule has 0 unspecified atom stereocenters. The van der Waals surface area contributed by atoms with E-state index in [0.717, 1.165) is 28.3 Å². The molecule has 0 saturated carbocycles. The number of rotatable bonds is 2. The lowest BCUT2D eigenvalue weighted by molar-refractivity contribution is -0.136. The van der Waals surface area contributed by atoms with Gasteiger partial charge in [0.2, 0.25) is 0 Å². The summed E-state index contributed by atoms with van der Waals surface area (Å²) in [5.74, 6) is 0.414. The number of hydrogen-bond donors (Lipinski definition) is 2. The molecule has 0 fully saturated rings. The van der Waals surface area contributed by atoms with Crippen molar-refractivity contribution < 1.29 is 9.53 Å². The van der Waals surface area contributed by atoms with Crippen LogP contribution in [0.2, 0.25) is 0 Å². The molecular formula is C16H15N3O2S. The number of thioether (sulfide) groups is 1. The fourth-order valence-corrected chi connectivity index (χ4v) is 3.52. The molecule has 0 radical (unpaired) electrons. The standard InChI is InChI=1S/C16H15N3O2S/c1-8-12-13(9-3-5-10(22-2)6-4-9)14-11(7-21-16(14)20)17-15(12)19-18-8/h3-6,13H,7H2,1-2H3,(H2,17,18,19)/t13-/m0/s1. The van der Waals surface area contributed by atoms with Gasteiger partial charge in [-0.2, -0.15) is 5.10 Å². The Kier molecular flexibility index (Phi) is 3.00. The van der Waals surface area contributed by atoms with Crippen LogP contribution < -0.4 is 5.32 Å². The fraction of sp³-hybridized carbons (Fsp3) is 0.250. The van der Waals surface area contributed by atoms with E-state index in [0.29, 0.717) is 12.2 Å². The smallest absolute Gasteiger partial charge is 0.337 e. The fourth-order valence-electron chi connectivity index (χ4n) is 3.12. The summed E-state index contributed by atoms with van der Waals surface area (Å²) in [6, 6.07) is 8.32. The van der Waals surface area contributed by atoms with Gasteiger partial charge in [-0.25, -0.2) is 4.79 Å². The zero-order valence-electron chi connectivity index (χ0n) is 12.3. The number of nitrogens with one attached hydrogen (secondary N) is 2. The maximum Gasteiger partial charge on any atom is 0.337 e. The van der Waals surface area contributed by atoms with E-state index in [1.807, 2.05) is 13.2 Å².